The summed E-state index contributed by atoms with van der Waals surface area (Å²) in [4.78, 5) is 16.5. The summed E-state index contributed by atoms with van der Waals surface area (Å²) in [5.74, 6) is 0.0709. The van der Waals surface area contributed by atoms with E-state index >= 15 is 0 Å². The number of thiazole rings is 1. The largest absolute Gasteiger partial charge is 0.479 e. The zero-order chi connectivity index (χ0) is 20.9. The lowest BCUT2D eigenvalue weighted by molar-refractivity contribution is -0.137. The van der Waals surface area contributed by atoms with E-state index in [-0.39, 0.29) is 18.8 Å². The number of rotatable bonds is 6. The average molecular weight is 417 g/mol. The van der Waals surface area contributed by atoms with Crippen molar-refractivity contribution in [2.24, 2.45) is 0 Å². The second-order valence-electron chi connectivity index (χ2n) is 5.89. The van der Waals surface area contributed by atoms with E-state index in [1.54, 1.807) is 24.3 Å². The number of carbonyl (C=O) groups excluding carboxylic acids is 1. The summed E-state index contributed by atoms with van der Waals surface area (Å²) in [5, 5.41) is 13.1. The van der Waals surface area contributed by atoms with Gasteiger partial charge in [-0.05, 0) is 29.8 Å². The van der Waals surface area contributed by atoms with Crippen LogP contribution in [0, 0.1) is 11.3 Å². The number of alkyl halides is 3. The zero-order valence-corrected chi connectivity index (χ0v) is 15.7. The van der Waals surface area contributed by atoms with E-state index in [0.29, 0.717) is 16.3 Å². The standard InChI is InChI=1S/C20H14F3N3O2S/c21-20(22,23)15-5-2-4-14(10-15)19-26-17(12-29-19)18(27)25-11-13-3-1-6-16(9-13)28-8-7-24/h1-6,9-10,12H,8,11H2,(H,25,27). The number of halogens is 3. The number of hydrogen-bond donors (Lipinski definition) is 1. The van der Waals surface area contributed by atoms with E-state index in [9.17, 15) is 18.0 Å². The Morgan fingerprint density at radius 1 is 1.21 bits per heavy atom. The van der Waals surface area contributed by atoms with Crippen LogP contribution in [0.5, 0.6) is 5.75 Å². The maximum Gasteiger partial charge on any atom is 0.416 e. The quantitative estimate of drug-likeness (QED) is 0.633. The highest BCUT2D eigenvalue weighted by atomic mass is 32.1. The molecule has 2 aromatic carbocycles. The number of amides is 1. The van der Waals surface area contributed by atoms with Crippen molar-refractivity contribution in [3.8, 4) is 22.4 Å². The van der Waals surface area contributed by atoms with Crippen LogP contribution >= 0.6 is 11.3 Å². The molecule has 1 N–H and O–H groups in total. The van der Waals surface area contributed by atoms with E-state index in [1.807, 2.05) is 6.07 Å². The first-order valence-corrected chi connectivity index (χ1v) is 9.25. The molecule has 1 heterocycles. The number of ether oxygens (including phenoxy) is 1. The summed E-state index contributed by atoms with van der Waals surface area (Å²) in [6, 6.07) is 13.6. The van der Waals surface area contributed by atoms with Gasteiger partial charge in [-0.3, -0.25) is 4.79 Å². The highest BCUT2D eigenvalue weighted by Gasteiger charge is 2.30. The molecule has 0 atom stereocenters. The van der Waals surface area contributed by atoms with Crippen LogP contribution in [0.15, 0.2) is 53.9 Å². The van der Waals surface area contributed by atoms with E-state index in [0.717, 1.165) is 29.0 Å². The second kappa shape index (κ2) is 8.75. The van der Waals surface area contributed by atoms with Crippen LogP contribution < -0.4 is 10.1 Å². The Morgan fingerprint density at radius 2 is 2.00 bits per heavy atom. The lowest BCUT2D eigenvalue weighted by atomic mass is 10.1. The van der Waals surface area contributed by atoms with E-state index in [4.69, 9.17) is 10.00 Å². The SMILES string of the molecule is N#CCOc1cccc(CNC(=O)c2csc(-c3cccc(C(F)(F)F)c3)n2)c1. The van der Waals surface area contributed by atoms with Crippen molar-refractivity contribution in [1.29, 1.82) is 5.26 Å². The molecule has 0 aliphatic heterocycles. The van der Waals surface area contributed by atoms with Gasteiger partial charge in [0, 0.05) is 17.5 Å². The Balaban J connectivity index is 1.67. The molecule has 0 saturated carbocycles. The van der Waals surface area contributed by atoms with Gasteiger partial charge in [0.2, 0.25) is 0 Å². The van der Waals surface area contributed by atoms with Crippen LogP contribution in [0.2, 0.25) is 0 Å². The third-order valence-corrected chi connectivity index (χ3v) is 4.72. The smallest absolute Gasteiger partial charge is 0.416 e. The van der Waals surface area contributed by atoms with Gasteiger partial charge in [0.15, 0.2) is 6.61 Å². The normalized spacial score (nSPS) is 11.0. The number of nitrogens with one attached hydrogen (secondary N) is 1. The third kappa shape index (κ3) is 5.33. The van der Waals surface area contributed by atoms with E-state index in [2.05, 4.69) is 10.3 Å². The Kier molecular flexibility index (Phi) is 6.14. The lowest BCUT2D eigenvalue weighted by Crippen LogP contribution is -2.23. The highest BCUT2D eigenvalue weighted by molar-refractivity contribution is 7.13. The zero-order valence-electron chi connectivity index (χ0n) is 14.9. The molecule has 1 amide bonds. The van der Waals surface area contributed by atoms with Crippen molar-refractivity contribution in [3.63, 3.8) is 0 Å². The second-order valence-corrected chi connectivity index (χ2v) is 6.75. The molecule has 5 nitrogen and oxygen atoms in total. The minimum Gasteiger partial charge on any atom is -0.479 e. The number of benzene rings is 2. The van der Waals surface area contributed by atoms with Gasteiger partial charge in [-0.15, -0.1) is 11.3 Å². The first-order chi connectivity index (χ1) is 13.9. The van der Waals surface area contributed by atoms with Crippen LogP contribution in [-0.4, -0.2) is 17.5 Å². The average Bonchev–Trinajstić information content (AvgIpc) is 3.21. The maximum absolute atomic E-state index is 12.9. The van der Waals surface area contributed by atoms with Gasteiger partial charge < -0.3 is 10.1 Å². The van der Waals surface area contributed by atoms with Crippen LogP contribution in [0.3, 0.4) is 0 Å². The lowest BCUT2D eigenvalue weighted by Gasteiger charge is -2.07. The molecule has 9 heteroatoms. The van der Waals surface area contributed by atoms with Crippen LogP contribution in [0.4, 0.5) is 13.2 Å². The van der Waals surface area contributed by atoms with Crippen LogP contribution in [0.1, 0.15) is 21.6 Å². The van der Waals surface area contributed by atoms with Gasteiger partial charge in [0.1, 0.15) is 22.5 Å². The minimum atomic E-state index is -4.45. The molecule has 3 aromatic rings. The maximum atomic E-state index is 12.9. The molecule has 0 aliphatic carbocycles. The Bertz CT molecular complexity index is 1060. The summed E-state index contributed by atoms with van der Waals surface area (Å²) in [5.41, 5.74) is 0.419. The Morgan fingerprint density at radius 3 is 2.76 bits per heavy atom. The number of aromatic nitrogens is 1. The Hall–Kier alpha value is -3.38. The van der Waals surface area contributed by atoms with Gasteiger partial charge in [0.25, 0.3) is 5.91 Å². The summed E-state index contributed by atoms with van der Waals surface area (Å²) in [6.45, 7) is 0.131. The van der Waals surface area contributed by atoms with Gasteiger partial charge >= 0.3 is 6.18 Å². The first-order valence-electron chi connectivity index (χ1n) is 8.37. The number of carbonyl (C=O) groups is 1. The van der Waals surface area contributed by atoms with Gasteiger partial charge in [0.05, 0.1) is 5.56 Å². The summed E-state index contributed by atoms with van der Waals surface area (Å²) in [6.07, 6.45) is -4.45. The fourth-order valence-corrected chi connectivity index (χ4v) is 3.27. The molecule has 0 unspecified atom stereocenters. The topological polar surface area (TPSA) is 75.0 Å². The number of nitriles is 1. The minimum absolute atomic E-state index is 0.0764. The monoisotopic (exact) mass is 417 g/mol. The molecule has 0 radical (unpaired) electrons. The van der Waals surface area contributed by atoms with Crippen molar-refractivity contribution in [2.75, 3.05) is 6.61 Å². The summed E-state index contributed by atoms with van der Waals surface area (Å²) >= 11 is 1.09. The van der Waals surface area contributed by atoms with Gasteiger partial charge in [-0.1, -0.05) is 24.3 Å². The van der Waals surface area contributed by atoms with Crippen LogP contribution in [0.25, 0.3) is 10.6 Å². The van der Waals surface area contributed by atoms with Crippen molar-refractivity contribution in [1.82, 2.24) is 10.3 Å². The third-order valence-electron chi connectivity index (χ3n) is 3.83. The molecule has 29 heavy (non-hydrogen) atoms. The van der Waals surface area contributed by atoms with Crippen molar-refractivity contribution in [2.45, 2.75) is 12.7 Å². The molecule has 1 aromatic heterocycles. The predicted molar refractivity (Wildman–Crippen MR) is 101 cm³/mol. The molecule has 0 spiro atoms. The molecule has 0 saturated heterocycles. The summed E-state index contributed by atoms with van der Waals surface area (Å²) < 4.78 is 43.8. The van der Waals surface area contributed by atoms with E-state index in [1.165, 1.54) is 17.5 Å². The molecule has 0 aliphatic rings. The predicted octanol–water partition coefficient (Wildman–Crippen LogP) is 4.66. The number of nitrogens with zero attached hydrogens (tertiary/aromatic N) is 2. The van der Waals surface area contributed by atoms with Gasteiger partial charge in [-0.2, -0.15) is 18.4 Å². The van der Waals surface area contributed by atoms with Gasteiger partial charge in [-0.25, -0.2) is 4.98 Å². The van der Waals surface area contributed by atoms with Crippen LogP contribution in [-0.2, 0) is 12.7 Å². The molecule has 0 bridgehead atoms. The van der Waals surface area contributed by atoms with Crippen molar-refractivity contribution >= 4 is 17.2 Å². The molecule has 0 fully saturated rings. The fraction of sp³-hybridized carbons (Fsp3) is 0.150. The van der Waals surface area contributed by atoms with Crippen molar-refractivity contribution in [3.05, 3.63) is 70.7 Å². The molecular formula is C20H14F3N3O2S. The molecule has 148 valence electrons. The fourth-order valence-electron chi connectivity index (χ4n) is 2.47. The highest BCUT2D eigenvalue weighted by Crippen LogP contribution is 2.33. The molecule has 3 rings (SSSR count). The summed E-state index contributed by atoms with van der Waals surface area (Å²) in [7, 11) is 0. The molecular weight excluding hydrogens is 403 g/mol. The van der Waals surface area contributed by atoms with Crippen molar-refractivity contribution < 1.29 is 22.7 Å². The van der Waals surface area contributed by atoms with E-state index < -0.39 is 17.6 Å². The number of hydrogen-bond acceptors (Lipinski definition) is 5. The first kappa shape index (κ1) is 20.4. The Labute approximate surface area is 168 Å².